The minimum Gasteiger partial charge on any atom is -0.481 e. The van der Waals surface area contributed by atoms with Crippen molar-refractivity contribution in [2.45, 2.75) is 37.7 Å². The van der Waals surface area contributed by atoms with Gasteiger partial charge in [0.25, 0.3) is 0 Å². The van der Waals surface area contributed by atoms with Crippen LogP contribution in [0.2, 0.25) is 0 Å². The van der Waals surface area contributed by atoms with E-state index in [9.17, 15) is 13.6 Å². The average Bonchev–Trinajstić information content (AvgIpc) is 1.92. The lowest BCUT2D eigenvalue weighted by molar-refractivity contribution is -0.205. The van der Waals surface area contributed by atoms with Crippen molar-refractivity contribution in [2.75, 3.05) is 0 Å². The highest BCUT2D eigenvalue weighted by Crippen LogP contribution is 2.59. The van der Waals surface area contributed by atoms with Crippen LogP contribution in [0.25, 0.3) is 0 Å². The lowest BCUT2D eigenvalue weighted by Crippen LogP contribution is -2.57. The third-order valence-corrected chi connectivity index (χ3v) is 3.50. The molecule has 80 valence electrons. The van der Waals surface area contributed by atoms with Gasteiger partial charge < -0.3 is 10.2 Å². The van der Waals surface area contributed by atoms with Gasteiger partial charge in [-0.05, 0) is 18.8 Å². The standard InChI is InChI=1S/C9H12F2O3/c10-9(11)1-5(2-9)8(7(13)14)3-6(12)4-8/h5-6,12H,1-4H2,(H,13,14). The summed E-state index contributed by atoms with van der Waals surface area (Å²) in [7, 11) is 0. The minimum atomic E-state index is -2.69. The molecule has 5 heteroatoms. The Morgan fingerprint density at radius 2 is 1.71 bits per heavy atom. The van der Waals surface area contributed by atoms with Crippen molar-refractivity contribution in [2.24, 2.45) is 11.3 Å². The van der Waals surface area contributed by atoms with E-state index >= 15 is 0 Å². The molecule has 0 radical (unpaired) electrons. The summed E-state index contributed by atoms with van der Waals surface area (Å²) >= 11 is 0. The van der Waals surface area contributed by atoms with E-state index in [4.69, 9.17) is 10.2 Å². The number of rotatable bonds is 2. The fraction of sp³-hybridized carbons (Fsp3) is 0.889. The van der Waals surface area contributed by atoms with Crippen LogP contribution < -0.4 is 0 Å². The molecule has 0 bridgehead atoms. The van der Waals surface area contributed by atoms with Gasteiger partial charge in [-0.3, -0.25) is 4.79 Å². The van der Waals surface area contributed by atoms with Gasteiger partial charge in [-0.2, -0.15) is 0 Å². The van der Waals surface area contributed by atoms with Gasteiger partial charge in [0, 0.05) is 12.8 Å². The second kappa shape index (κ2) is 2.66. The Morgan fingerprint density at radius 3 is 2.00 bits per heavy atom. The van der Waals surface area contributed by atoms with Crippen molar-refractivity contribution in [3.63, 3.8) is 0 Å². The van der Waals surface area contributed by atoms with Crippen LogP contribution in [-0.4, -0.2) is 28.2 Å². The lowest BCUT2D eigenvalue weighted by Gasteiger charge is -2.52. The van der Waals surface area contributed by atoms with E-state index in [1.165, 1.54) is 0 Å². The Kier molecular flexibility index (Phi) is 1.86. The molecule has 0 saturated heterocycles. The summed E-state index contributed by atoms with van der Waals surface area (Å²) in [6.07, 6.45) is -1.05. The van der Waals surface area contributed by atoms with Gasteiger partial charge >= 0.3 is 5.97 Å². The molecule has 0 aromatic rings. The molecule has 0 aliphatic heterocycles. The SMILES string of the molecule is O=C(O)C1(C2CC(F)(F)C2)CC(O)C1. The minimum absolute atomic E-state index is 0.128. The largest absolute Gasteiger partial charge is 0.481 e. The van der Waals surface area contributed by atoms with Crippen molar-refractivity contribution >= 4 is 5.97 Å². The van der Waals surface area contributed by atoms with E-state index in [0.717, 1.165) is 0 Å². The van der Waals surface area contributed by atoms with Crippen molar-refractivity contribution in [1.29, 1.82) is 0 Å². The molecular weight excluding hydrogens is 194 g/mol. The highest BCUT2D eigenvalue weighted by atomic mass is 19.3. The molecule has 2 aliphatic rings. The Bertz CT molecular complexity index is 263. The third kappa shape index (κ3) is 1.22. The van der Waals surface area contributed by atoms with E-state index in [1.54, 1.807) is 0 Å². The molecule has 0 unspecified atom stereocenters. The van der Waals surface area contributed by atoms with Crippen molar-refractivity contribution < 1.29 is 23.8 Å². The number of carboxylic acids is 1. The molecule has 2 fully saturated rings. The Labute approximate surface area is 79.7 Å². The van der Waals surface area contributed by atoms with Crippen LogP contribution >= 0.6 is 0 Å². The van der Waals surface area contributed by atoms with Gasteiger partial charge in [-0.25, -0.2) is 8.78 Å². The second-order valence-corrected chi connectivity index (χ2v) is 4.48. The van der Waals surface area contributed by atoms with Crippen LogP contribution in [0.4, 0.5) is 8.78 Å². The Hall–Kier alpha value is -0.710. The summed E-state index contributed by atoms with van der Waals surface area (Å²) in [5, 5.41) is 18.0. The summed E-state index contributed by atoms with van der Waals surface area (Å²) < 4.78 is 25.2. The molecule has 3 nitrogen and oxygen atoms in total. The number of hydrogen-bond acceptors (Lipinski definition) is 2. The van der Waals surface area contributed by atoms with Crippen LogP contribution in [0.5, 0.6) is 0 Å². The molecule has 0 aromatic carbocycles. The first-order chi connectivity index (χ1) is 6.36. The van der Waals surface area contributed by atoms with Gasteiger partial charge in [-0.1, -0.05) is 0 Å². The zero-order chi connectivity index (χ0) is 10.6. The van der Waals surface area contributed by atoms with Gasteiger partial charge in [0.15, 0.2) is 0 Å². The number of aliphatic hydroxyl groups excluding tert-OH is 1. The third-order valence-electron chi connectivity index (χ3n) is 3.50. The average molecular weight is 206 g/mol. The Balaban J connectivity index is 2.05. The molecule has 0 aromatic heterocycles. The monoisotopic (exact) mass is 206 g/mol. The fourth-order valence-electron chi connectivity index (χ4n) is 2.52. The number of halogens is 2. The first-order valence-corrected chi connectivity index (χ1v) is 4.65. The number of aliphatic carboxylic acids is 1. The van der Waals surface area contributed by atoms with Crippen LogP contribution in [-0.2, 0) is 4.79 Å². The fourth-order valence-corrected chi connectivity index (χ4v) is 2.52. The van der Waals surface area contributed by atoms with E-state index in [-0.39, 0.29) is 25.7 Å². The van der Waals surface area contributed by atoms with Gasteiger partial charge in [0.2, 0.25) is 5.92 Å². The number of carbonyl (C=O) groups is 1. The van der Waals surface area contributed by atoms with E-state index < -0.39 is 29.3 Å². The molecule has 2 saturated carbocycles. The summed E-state index contributed by atoms with van der Waals surface area (Å²) in [6.45, 7) is 0. The van der Waals surface area contributed by atoms with Crippen molar-refractivity contribution in [3.05, 3.63) is 0 Å². The first-order valence-electron chi connectivity index (χ1n) is 4.65. The number of hydrogen-bond donors (Lipinski definition) is 2. The van der Waals surface area contributed by atoms with Crippen LogP contribution in [0.1, 0.15) is 25.7 Å². The molecule has 0 amide bonds. The summed E-state index contributed by atoms with van der Waals surface area (Å²) in [5.74, 6) is -4.19. The predicted octanol–water partition coefficient (Wildman–Crippen LogP) is 1.26. The Morgan fingerprint density at radius 1 is 1.21 bits per heavy atom. The second-order valence-electron chi connectivity index (χ2n) is 4.48. The summed E-state index contributed by atoms with van der Waals surface area (Å²) in [4.78, 5) is 10.9. The van der Waals surface area contributed by atoms with Gasteiger partial charge in [-0.15, -0.1) is 0 Å². The predicted molar refractivity (Wildman–Crippen MR) is 43.0 cm³/mol. The number of carboxylic acid groups (broad SMARTS) is 1. The maximum atomic E-state index is 12.6. The summed E-state index contributed by atoms with van der Waals surface area (Å²) in [5.41, 5.74) is -1.07. The maximum Gasteiger partial charge on any atom is 0.310 e. The van der Waals surface area contributed by atoms with Crippen LogP contribution in [0.15, 0.2) is 0 Å². The molecule has 2 N–H and O–H groups in total. The molecule has 0 spiro atoms. The smallest absolute Gasteiger partial charge is 0.310 e. The molecule has 14 heavy (non-hydrogen) atoms. The number of aliphatic hydroxyl groups is 1. The molecule has 2 rings (SSSR count). The molecule has 2 aliphatic carbocycles. The summed E-state index contributed by atoms with van der Waals surface area (Å²) in [6, 6.07) is 0. The van der Waals surface area contributed by atoms with Crippen LogP contribution in [0.3, 0.4) is 0 Å². The zero-order valence-corrected chi connectivity index (χ0v) is 7.54. The van der Waals surface area contributed by atoms with E-state index in [2.05, 4.69) is 0 Å². The zero-order valence-electron chi connectivity index (χ0n) is 7.54. The highest BCUT2D eigenvalue weighted by molar-refractivity contribution is 5.76. The van der Waals surface area contributed by atoms with Crippen molar-refractivity contribution in [3.8, 4) is 0 Å². The quantitative estimate of drug-likeness (QED) is 0.715. The van der Waals surface area contributed by atoms with E-state index in [0.29, 0.717) is 0 Å². The van der Waals surface area contributed by atoms with E-state index in [1.807, 2.05) is 0 Å². The maximum absolute atomic E-state index is 12.6. The van der Waals surface area contributed by atoms with Gasteiger partial charge in [0.1, 0.15) is 0 Å². The van der Waals surface area contributed by atoms with Crippen molar-refractivity contribution in [1.82, 2.24) is 0 Å². The lowest BCUT2D eigenvalue weighted by atomic mass is 9.53. The normalized spacial score (nSPS) is 41.2. The number of alkyl halides is 2. The molecular formula is C9H12F2O3. The van der Waals surface area contributed by atoms with Crippen LogP contribution in [0, 0.1) is 11.3 Å². The van der Waals surface area contributed by atoms with Gasteiger partial charge in [0.05, 0.1) is 11.5 Å². The first kappa shape index (κ1) is 9.83. The topological polar surface area (TPSA) is 57.5 Å². The molecule has 0 heterocycles. The molecule has 0 atom stereocenters. The highest BCUT2D eigenvalue weighted by Gasteiger charge is 2.62.